The Hall–Kier alpha value is -0.750. The fraction of sp³-hybridized carbons (Fsp3) is 0.500. The summed E-state index contributed by atoms with van der Waals surface area (Å²) in [6.07, 6.45) is -4.99. The molecule has 0 saturated carbocycles. The Labute approximate surface area is 113 Å². The SMILES string of the molecule is CNC(CCC(F)(F)F)c1cc(Br)ccc1OC. The lowest BCUT2D eigenvalue weighted by Gasteiger charge is -2.20. The van der Waals surface area contributed by atoms with E-state index in [4.69, 9.17) is 4.74 Å². The van der Waals surface area contributed by atoms with Crippen LogP contribution in [0.5, 0.6) is 5.75 Å². The van der Waals surface area contributed by atoms with Crippen molar-refractivity contribution in [2.75, 3.05) is 14.2 Å². The average molecular weight is 326 g/mol. The van der Waals surface area contributed by atoms with Crippen molar-refractivity contribution in [3.05, 3.63) is 28.2 Å². The quantitative estimate of drug-likeness (QED) is 0.881. The molecule has 18 heavy (non-hydrogen) atoms. The summed E-state index contributed by atoms with van der Waals surface area (Å²) in [7, 11) is 3.14. The van der Waals surface area contributed by atoms with Crippen LogP contribution in [0.4, 0.5) is 13.2 Å². The van der Waals surface area contributed by atoms with Gasteiger partial charge in [-0.25, -0.2) is 0 Å². The molecule has 0 aliphatic heterocycles. The van der Waals surface area contributed by atoms with Crippen LogP contribution in [0.25, 0.3) is 0 Å². The van der Waals surface area contributed by atoms with Gasteiger partial charge in [0.25, 0.3) is 0 Å². The van der Waals surface area contributed by atoms with Gasteiger partial charge in [-0.05, 0) is 31.7 Å². The van der Waals surface area contributed by atoms with Crippen LogP contribution in [0.3, 0.4) is 0 Å². The summed E-state index contributed by atoms with van der Waals surface area (Å²) in [5, 5.41) is 2.89. The van der Waals surface area contributed by atoms with Crippen LogP contribution in [0.1, 0.15) is 24.4 Å². The number of rotatable bonds is 5. The van der Waals surface area contributed by atoms with Gasteiger partial charge in [0.1, 0.15) is 5.75 Å². The molecule has 1 aromatic carbocycles. The van der Waals surface area contributed by atoms with Crippen LogP contribution in [0.2, 0.25) is 0 Å². The molecule has 1 aromatic rings. The molecular formula is C12H15BrF3NO. The molecule has 0 bridgehead atoms. The molecule has 1 atom stereocenters. The lowest BCUT2D eigenvalue weighted by atomic mass is 10.0. The van der Waals surface area contributed by atoms with Crippen molar-refractivity contribution in [1.29, 1.82) is 0 Å². The molecular weight excluding hydrogens is 311 g/mol. The number of benzene rings is 1. The molecule has 2 nitrogen and oxygen atoms in total. The molecule has 0 amide bonds. The van der Waals surface area contributed by atoms with Crippen molar-refractivity contribution in [2.24, 2.45) is 0 Å². The Morgan fingerprint density at radius 2 is 2.06 bits per heavy atom. The van der Waals surface area contributed by atoms with Crippen LogP contribution in [-0.4, -0.2) is 20.3 Å². The molecule has 6 heteroatoms. The molecule has 1 N–H and O–H groups in total. The second-order valence-corrected chi connectivity index (χ2v) is 4.80. The zero-order valence-corrected chi connectivity index (χ0v) is 11.7. The van der Waals surface area contributed by atoms with Gasteiger partial charge in [-0.15, -0.1) is 0 Å². The normalized spacial score (nSPS) is 13.4. The van der Waals surface area contributed by atoms with Crippen molar-refractivity contribution >= 4 is 15.9 Å². The number of nitrogens with one attached hydrogen (secondary N) is 1. The van der Waals surface area contributed by atoms with Crippen LogP contribution in [-0.2, 0) is 0 Å². The van der Waals surface area contributed by atoms with Crippen molar-refractivity contribution < 1.29 is 17.9 Å². The summed E-state index contributed by atoms with van der Waals surface area (Å²) in [6, 6.07) is 4.91. The van der Waals surface area contributed by atoms with Gasteiger partial charge in [0, 0.05) is 22.5 Å². The van der Waals surface area contributed by atoms with Gasteiger partial charge in [0.15, 0.2) is 0 Å². The van der Waals surface area contributed by atoms with Gasteiger partial charge in [-0.3, -0.25) is 0 Å². The third-order valence-corrected chi connectivity index (χ3v) is 3.13. The predicted octanol–water partition coefficient (Wildman–Crippen LogP) is 4.06. The van der Waals surface area contributed by atoms with Crippen molar-refractivity contribution in [3.63, 3.8) is 0 Å². The summed E-state index contributed by atoms with van der Waals surface area (Å²) < 4.78 is 42.8. The van der Waals surface area contributed by atoms with E-state index < -0.39 is 12.6 Å². The Balaban J connectivity index is 2.90. The van der Waals surface area contributed by atoms with E-state index in [0.29, 0.717) is 5.75 Å². The Bertz CT molecular complexity index is 395. The lowest BCUT2D eigenvalue weighted by Crippen LogP contribution is -2.20. The second-order valence-electron chi connectivity index (χ2n) is 3.88. The van der Waals surface area contributed by atoms with E-state index in [2.05, 4.69) is 21.2 Å². The number of alkyl halides is 3. The van der Waals surface area contributed by atoms with E-state index in [0.717, 1.165) is 10.0 Å². The Morgan fingerprint density at radius 3 is 2.56 bits per heavy atom. The maximum absolute atomic E-state index is 12.3. The molecule has 1 rings (SSSR count). The van der Waals surface area contributed by atoms with Gasteiger partial charge < -0.3 is 10.1 Å². The van der Waals surface area contributed by atoms with Crippen LogP contribution >= 0.6 is 15.9 Å². The van der Waals surface area contributed by atoms with E-state index in [1.54, 1.807) is 25.2 Å². The highest BCUT2D eigenvalue weighted by Gasteiger charge is 2.29. The van der Waals surface area contributed by atoms with Crippen LogP contribution in [0.15, 0.2) is 22.7 Å². The Kier molecular flexibility index (Phi) is 5.47. The van der Waals surface area contributed by atoms with E-state index in [1.165, 1.54) is 7.11 Å². The highest BCUT2D eigenvalue weighted by molar-refractivity contribution is 9.10. The van der Waals surface area contributed by atoms with Gasteiger partial charge >= 0.3 is 6.18 Å². The smallest absolute Gasteiger partial charge is 0.389 e. The molecule has 0 aromatic heterocycles. The summed E-state index contributed by atoms with van der Waals surface area (Å²) in [5.74, 6) is 0.583. The summed E-state index contributed by atoms with van der Waals surface area (Å²) >= 11 is 3.31. The van der Waals surface area contributed by atoms with Crippen LogP contribution in [0, 0.1) is 0 Å². The minimum Gasteiger partial charge on any atom is -0.496 e. The maximum Gasteiger partial charge on any atom is 0.389 e. The second kappa shape index (κ2) is 6.43. The van der Waals surface area contributed by atoms with Crippen molar-refractivity contribution in [2.45, 2.75) is 25.1 Å². The number of ether oxygens (including phenoxy) is 1. The number of hydrogen-bond acceptors (Lipinski definition) is 2. The Morgan fingerprint density at radius 1 is 1.39 bits per heavy atom. The molecule has 1 unspecified atom stereocenters. The van der Waals surface area contributed by atoms with Crippen LogP contribution < -0.4 is 10.1 Å². The fourth-order valence-corrected chi connectivity index (χ4v) is 2.12. The third kappa shape index (κ3) is 4.49. The predicted molar refractivity (Wildman–Crippen MR) is 67.8 cm³/mol. The molecule has 0 saturated heterocycles. The van der Waals surface area contributed by atoms with Gasteiger partial charge in [0.2, 0.25) is 0 Å². The first kappa shape index (κ1) is 15.3. The summed E-state index contributed by atoms with van der Waals surface area (Å²) in [5.41, 5.74) is 0.721. The number of methoxy groups -OCH3 is 1. The topological polar surface area (TPSA) is 21.3 Å². The van der Waals surface area contributed by atoms with Crippen molar-refractivity contribution in [3.8, 4) is 5.75 Å². The highest BCUT2D eigenvalue weighted by atomic mass is 79.9. The zero-order chi connectivity index (χ0) is 13.8. The molecule has 0 spiro atoms. The minimum absolute atomic E-state index is 0.0210. The van der Waals surface area contributed by atoms with Gasteiger partial charge in [-0.1, -0.05) is 15.9 Å². The minimum atomic E-state index is -4.14. The van der Waals surface area contributed by atoms with E-state index in [1.807, 2.05) is 0 Å². The first-order chi connectivity index (χ1) is 8.37. The summed E-state index contributed by atoms with van der Waals surface area (Å²) in [4.78, 5) is 0. The monoisotopic (exact) mass is 325 g/mol. The molecule has 0 fully saturated rings. The van der Waals surface area contributed by atoms with Gasteiger partial charge in [-0.2, -0.15) is 13.2 Å². The molecule has 0 heterocycles. The first-order valence-corrected chi connectivity index (χ1v) is 6.24. The molecule has 0 radical (unpaired) electrons. The zero-order valence-electron chi connectivity index (χ0n) is 10.1. The number of hydrogen-bond donors (Lipinski definition) is 1. The standard InChI is InChI=1S/C12H15BrF3NO/c1-17-10(5-6-12(14,15)16)9-7-8(13)3-4-11(9)18-2/h3-4,7,10,17H,5-6H2,1-2H3. The largest absolute Gasteiger partial charge is 0.496 e. The average Bonchev–Trinajstić information content (AvgIpc) is 2.28. The highest BCUT2D eigenvalue weighted by Crippen LogP contribution is 2.33. The van der Waals surface area contributed by atoms with E-state index >= 15 is 0 Å². The van der Waals surface area contributed by atoms with Gasteiger partial charge in [0.05, 0.1) is 7.11 Å². The third-order valence-electron chi connectivity index (χ3n) is 2.63. The fourth-order valence-electron chi connectivity index (χ4n) is 1.74. The number of halogens is 4. The van der Waals surface area contributed by atoms with Crippen molar-refractivity contribution in [1.82, 2.24) is 5.32 Å². The van der Waals surface area contributed by atoms with E-state index in [-0.39, 0.29) is 12.5 Å². The lowest BCUT2D eigenvalue weighted by molar-refractivity contribution is -0.136. The first-order valence-electron chi connectivity index (χ1n) is 5.45. The maximum atomic E-state index is 12.3. The molecule has 0 aliphatic rings. The summed E-state index contributed by atoms with van der Waals surface area (Å²) in [6.45, 7) is 0. The molecule has 102 valence electrons. The van der Waals surface area contributed by atoms with E-state index in [9.17, 15) is 13.2 Å². The molecule has 0 aliphatic carbocycles.